The van der Waals surface area contributed by atoms with Gasteiger partial charge in [-0.15, -0.1) is 0 Å². The molecule has 2 amide bonds. The molecule has 1 unspecified atom stereocenters. The first-order valence-electron chi connectivity index (χ1n) is 8.87. The summed E-state index contributed by atoms with van der Waals surface area (Å²) >= 11 is -2.20. The number of carbonyl (C=O) groups is 2. The van der Waals surface area contributed by atoms with E-state index in [-0.39, 0.29) is 25.5 Å². The highest BCUT2D eigenvalue weighted by atomic mass is 32.2. The summed E-state index contributed by atoms with van der Waals surface area (Å²) in [6, 6.07) is 9.35. The number of anilines is 1. The molecule has 0 radical (unpaired) electrons. The van der Waals surface area contributed by atoms with Gasteiger partial charge in [-0.3, -0.25) is 18.9 Å². The average Bonchev–Trinajstić information content (AvgIpc) is 2.93. The molecule has 2 aromatic rings. The SMILES string of the molecule is O=C(c1ccc(NS(=O)O)cc1)N1CCCN(C(=O)c2c(F)cccc2F)CC1. The van der Waals surface area contributed by atoms with Crippen LogP contribution in [-0.2, 0) is 11.3 Å². The van der Waals surface area contributed by atoms with Crippen molar-refractivity contribution in [3.05, 3.63) is 65.2 Å². The van der Waals surface area contributed by atoms with E-state index in [2.05, 4.69) is 4.72 Å². The van der Waals surface area contributed by atoms with E-state index in [1.54, 1.807) is 4.90 Å². The smallest absolute Gasteiger partial charge is 0.259 e. The quantitative estimate of drug-likeness (QED) is 0.740. The van der Waals surface area contributed by atoms with Gasteiger partial charge in [-0.1, -0.05) is 6.07 Å². The predicted molar refractivity (Wildman–Crippen MR) is 104 cm³/mol. The first-order chi connectivity index (χ1) is 13.9. The molecule has 2 aromatic carbocycles. The van der Waals surface area contributed by atoms with Crippen molar-refractivity contribution in [1.29, 1.82) is 0 Å². The molecule has 0 bridgehead atoms. The predicted octanol–water partition coefficient (Wildman–Crippen LogP) is 2.50. The lowest BCUT2D eigenvalue weighted by atomic mass is 10.1. The molecular formula is C19H19F2N3O4S. The van der Waals surface area contributed by atoms with Crippen LogP contribution >= 0.6 is 0 Å². The van der Waals surface area contributed by atoms with Crippen molar-refractivity contribution in [2.45, 2.75) is 6.42 Å². The van der Waals surface area contributed by atoms with Gasteiger partial charge in [-0.2, -0.15) is 0 Å². The number of hydrogen-bond acceptors (Lipinski definition) is 3. The maximum absolute atomic E-state index is 13.9. The fourth-order valence-electron chi connectivity index (χ4n) is 3.15. The van der Waals surface area contributed by atoms with Crippen molar-refractivity contribution in [2.24, 2.45) is 0 Å². The third-order valence-electron chi connectivity index (χ3n) is 4.58. The van der Waals surface area contributed by atoms with Crippen LogP contribution in [0.5, 0.6) is 0 Å². The Morgan fingerprint density at radius 2 is 1.45 bits per heavy atom. The topological polar surface area (TPSA) is 89.9 Å². The second-order valence-corrected chi connectivity index (χ2v) is 7.17. The molecule has 0 aromatic heterocycles. The van der Waals surface area contributed by atoms with Crippen LogP contribution in [0.1, 0.15) is 27.1 Å². The first kappa shape index (κ1) is 20.9. The van der Waals surface area contributed by atoms with E-state index < -0.39 is 34.4 Å². The van der Waals surface area contributed by atoms with E-state index in [0.717, 1.165) is 12.1 Å². The van der Waals surface area contributed by atoms with Gasteiger partial charge in [0.25, 0.3) is 23.1 Å². The van der Waals surface area contributed by atoms with Crippen LogP contribution in [0, 0.1) is 11.6 Å². The summed E-state index contributed by atoms with van der Waals surface area (Å²) < 4.78 is 49.7. The van der Waals surface area contributed by atoms with E-state index in [9.17, 15) is 22.6 Å². The molecular weight excluding hydrogens is 404 g/mol. The zero-order chi connectivity index (χ0) is 21.0. The van der Waals surface area contributed by atoms with Crippen LogP contribution < -0.4 is 4.72 Å². The van der Waals surface area contributed by atoms with Gasteiger partial charge < -0.3 is 9.80 Å². The third-order valence-corrected chi connectivity index (χ3v) is 4.99. The fraction of sp³-hybridized carbons (Fsp3) is 0.263. The molecule has 1 fully saturated rings. The van der Waals surface area contributed by atoms with Gasteiger partial charge in [-0.05, 0) is 42.8 Å². The molecule has 29 heavy (non-hydrogen) atoms. The average molecular weight is 423 g/mol. The molecule has 0 spiro atoms. The summed E-state index contributed by atoms with van der Waals surface area (Å²) in [6.45, 7) is 1.05. The molecule has 1 aliphatic heterocycles. The Morgan fingerprint density at radius 3 is 2.00 bits per heavy atom. The Bertz CT molecular complexity index is 919. The molecule has 10 heteroatoms. The van der Waals surface area contributed by atoms with Gasteiger partial charge in [0.1, 0.15) is 17.2 Å². The Balaban J connectivity index is 1.67. The summed E-state index contributed by atoms with van der Waals surface area (Å²) in [5.74, 6) is -2.82. The Hall–Kier alpha value is -2.85. The third kappa shape index (κ3) is 4.96. The second-order valence-electron chi connectivity index (χ2n) is 6.46. The molecule has 0 saturated carbocycles. The van der Waals surface area contributed by atoms with Gasteiger partial charge in [0, 0.05) is 37.4 Å². The summed E-state index contributed by atoms with van der Waals surface area (Å²) in [7, 11) is 0. The zero-order valence-electron chi connectivity index (χ0n) is 15.3. The maximum atomic E-state index is 13.9. The van der Waals surface area contributed by atoms with Crippen LogP contribution in [0.25, 0.3) is 0 Å². The number of nitrogens with zero attached hydrogens (tertiary/aromatic N) is 2. The van der Waals surface area contributed by atoms with Crippen LogP contribution in [0.15, 0.2) is 42.5 Å². The minimum atomic E-state index is -2.20. The van der Waals surface area contributed by atoms with Crippen molar-refractivity contribution < 1.29 is 27.1 Å². The van der Waals surface area contributed by atoms with Gasteiger partial charge in [-0.25, -0.2) is 13.0 Å². The molecule has 154 valence electrons. The monoisotopic (exact) mass is 423 g/mol. The van der Waals surface area contributed by atoms with E-state index >= 15 is 0 Å². The molecule has 7 nitrogen and oxygen atoms in total. The molecule has 3 rings (SSSR count). The normalized spacial score (nSPS) is 15.6. The molecule has 1 aliphatic rings. The first-order valence-corrected chi connectivity index (χ1v) is 9.97. The molecule has 0 aliphatic carbocycles. The van der Waals surface area contributed by atoms with Gasteiger partial charge >= 0.3 is 0 Å². The molecule has 2 N–H and O–H groups in total. The molecule has 1 heterocycles. The highest BCUT2D eigenvalue weighted by Crippen LogP contribution is 2.18. The summed E-state index contributed by atoms with van der Waals surface area (Å²) in [5, 5.41) is 0. The van der Waals surface area contributed by atoms with Gasteiger partial charge in [0.2, 0.25) is 0 Å². The molecule has 1 saturated heterocycles. The van der Waals surface area contributed by atoms with Crippen LogP contribution in [-0.4, -0.2) is 56.6 Å². The van der Waals surface area contributed by atoms with E-state index in [1.807, 2.05) is 0 Å². The summed E-state index contributed by atoms with van der Waals surface area (Å²) in [6.07, 6.45) is 0.469. The second kappa shape index (κ2) is 9.10. The van der Waals surface area contributed by atoms with E-state index in [0.29, 0.717) is 24.2 Å². The number of halogens is 2. The highest BCUT2D eigenvalue weighted by molar-refractivity contribution is 7.80. The minimum absolute atomic E-state index is 0.154. The Labute approximate surface area is 168 Å². The lowest BCUT2D eigenvalue weighted by Gasteiger charge is -2.22. The number of amides is 2. The van der Waals surface area contributed by atoms with Crippen molar-refractivity contribution in [3.8, 4) is 0 Å². The van der Waals surface area contributed by atoms with Gasteiger partial charge in [0.05, 0.1) is 0 Å². The van der Waals surface area contributed by atoms with Crippen molar-refractivity contribution in [1.82, 2.24) is 9.80 Å². The van der Waals surface area contributed by atoms with Crippen molar-refractivity contribution in [2.75, 3.05) is 30.9 Å². The standard InChI is InChI=1S/C19H19F2N3O4S/c20-15-3-1-4-16(21)17(15)19(26)24-10-2-9-23(11-12-24)18(25)13-5-7-14(8-6-13)22-29(27)28/h1,3-8,22H,2,9-12H2,(H,27,28). The Morgan fingerprint density at radius 1 is 0.897 bits per heavy atom. The highest BCUT2D eigenvalue weighted by Gasteiger charge is 2.26. The number of hydrogen-bond donors (Lipinski definition) is 2. The number of nitrogens with one attached hydrogen (secondary N) is 1. The van der Waals surface area contributed by atoms with Gasteiger partial charge in [0.15, 0.2) is 0 Å². The van der Waals surface area contributed by atoms with E-state index in [4.69, 9.17) is 4.55 Å². The van der Waals surface area contributed by atoms with Crippen molar-refractivity contribution >= 4 is 28.8 Å². The van der Waals surface area contributed by atoms with Crippen LogP contribution in [0.2, 0.25) is 0 Å². The Kier molecular flexibility index (Phi) is 6.55. The van der Waals surface area contributed by atoms with Crippen LogP contribution in [0.3, 0.4) is 0 Å². The fourth-order valence-corrected chi connectivity index (χ4v) is 3.49. The largest absolute Gasteiger partial charge is 0.337 e. The maximum Gasteiger partial charge on any atom is 0.259 e. The summed E-state index contributed by atoms with van der Waals surface area (Å²) in [5.41, 5.74) is 0.192. The van der Waals surface area contributed by atoms with Crippen LogP contribution in [0.4, 0.5) is 14.5 Å². The van der Waals surface area contributed by atoms with E-state index in [1.165, 1.54) is 35.2 Å². The molecule has 1 atom stereocenters. The zero-order valence-corrected chi connectivity index (χ0v) is 16.1. The minimum Gasteiger partial charge on any atom is -0.337 e. The number of benzene rings is 2. The lowest BCUT2D eigenvalue weighted by Crippen LogP contribution is -2.38. The van der Waals surface area contributed by atoms with Crippen molar-refractivity contribution in [3.63, 3.8) is 0 Å². The summed E-state index contributed by atoms with van der Waals surface area (Å²) in [4.78, 5) is 28.2. The lowest BCUT2D eigenvalue weighted by molar-refractivity contribution is 0.0713. The number of rotatable bonds is 4. The number of carbonyl (C=O) groups excluding carboxylic acids is 2.